The minimum Gasteiger partial charge on any atom is -0.393 e. The summed E-state index contributed by atoms with van der Waals surface area (Å²) in [6.07, 6.45) is -3.53. The molecule has 0 radical (unpaired) electrons. The van der Waals surface area contributed by atoms with E-state index in [4.69, 9.17) is 16.3 Å². The molecule has 19 heavy (non-hydrogen) atoms. The molecule has 0 aliphatic carbocycles. The summed E-state index contributed by atoms with van der Waals surface area (Å²) in [5, 5.41) is 19.0. The number of hydrogen-bond acceptors (Lipinski definition) is 5. The second-order valence-electron chi connectivity index (χ2n) is 4.51. The Balaban J connectivity index is 2.39. The minimum absolute atomic E-state index is 0.296. The number of ether oxygens (including phenoxy) is 1. The first kappa shape index (κ1) is 14.4. The fourth-order valence-electron chi connectivity index (χ4n) is 2.01. The summed E-state index contributed by atoms with van der Waals surface area (Å²) in [6.45, 7) is 0.975. The smallest absolute Gasteiger partial charge is 0.349 e. The van der Waals surface area contributed by atoms with Gasteiger partial charge in [0.25, 0.3) is 0 Å². The lowest BCUT2D eigenvalue weighted by molar-refractivity contribution is -0.115. The van der Waals surface area contributed by atoms with E-state index in [9.17, 15) is 19.4 Å². The van der Waals surface area contributed by atoms with Gasteiger partial charge in [0, 0.05) is 11.9 Å². The number of rotatable bonds is 3. The standard InChI is InChI=1S/C11H14ClFN2O4/c1-6-2-3-15(10(18)14-6)9-7(13)8(17)11(4-12,5-16)19-9/h2-3,7-9,16-17H,4-5H2,1H3/t7-,8+,9?,11-/m1/s1. The first-order chi connectivity index (χ1) is 8.95. The Bertz CT molecular complexity index is 520. The normalized spacial score (nSPS) is 34.7. The number of nitrogens with zero attached hydrogens (tertiary/aromatic N) is 2. The lowest BCUT2D eigenvalue weighted by Crippen LogP contribution is -2.47. The van der Waals surface area contributed by atoms with Gasteiger partial charge in [0.2, 0.25) is 0 Å². The Hall–Kier alpha value is -1.02. The molecule has 1 saturated heterocycles. The third-order valence-corrected chi connectivity index (χ3v) is 3.66. The van der Waals surface area contributed by atoms with Crippen molar-refractivity contribution in [2.75, 3.05) is 12.5 Å². The van der Waals surface area contributed by atoms with E-state index >= 15 is 0 Å². The average Bonchev–Trinajstić information content (AvgIpc) is 2.64. The van der Waals surface area contributed by atoms with Crippen LogP contribution in [-0.2, 0) is 4.74 Å². The SMILES string of the molecule is Cc1ccn(C2O[C@@](CO)(CCl)[C@@H](O)[C@H]2F)c(=O)n1. The minimum atomic E-state index is -1.88. The van der Waals surface area contributed by atoms with Crippen LogP contribution >= 0.6 is 11.6 Å². The van der Waals surface area contributed by atoms with Gasteiger partial charge in [-0.05, 0) is 13.0 Å². The predicted molar refractivity (Wildman–Crippen MR) is 64.8 cm³/mol. The highest BCUT2D eigenvalue weighted by Gasteiger charge is 2.55. The van der Waals surface area contributed by atoms with E-state index in [0.29, 0.717) is 5.69 Å². The molecule has 2 N–H and O–H groups in total. The van der Waals surface area contributed by atoms with Crippen LogP contribution < -0.4 is 5.69 Å². The van der Waals surface area contributed by atoms with Crippen LogP contribution in [0, 0.1) is 6.92 Å². The molecule has 0 saturated carbocycles. The van der Waals surface area contributed by atoms with Gasteiger partial charge in [-0.3, -0.25) is 4.57 Å². The molecule has 8 heteroatoms. The van der Waals surface area contributed by atoms with Crippen molar-refractivity contribution in [2.45, 2.75) is 31.0 Å². The second-order valence-corrected chi connectivity index (χ2v) is 4.78. The maximum Gasteiger partial charge on any atom is 0.349 e. The van der Waals surface area contributed by atoms with Gasteiger partial charge in [-0.2, -0.15) is 4.98 Å². The summed E-state index contributed by atoms with van der Waals surface area (Å²) < 4.78 is 20.3. The summed E-state index contributed by atoms with van der Waals surface area (Å²) in [7, 11) is 0. The zero-order valence-electron chi connectivity index (χ0n) is 10.2. The molecule has 0 spiro atoms. The van der Waals surface area contributed by atoms with E-state index in [1.165, 1.54) is 12.3 Å². The van der Waals surface area contributed by atoms with Crippen LogP contribution in [0.3, 0.4) is 0 Å². The Morgan fingerprint density at radius 1 is 1.68 bits per heavy atom. The lowest BCUT2D eigenvalue weighted by atomic mass is 9.99. The summed E-state index contributed by atoms with van der Waals surface area (Å²) in [6, 6.07) is 1.52. The van der Waals surface area contributed by atoms with Gasteiger partial charge in [-0.1, -0.05) is 0 Å². The van der Waals surface area contributed by atoms with Crippen molar-refractivity contribution in [3.05, 3.63) is 28.4 Å². The molecule has 106 valence electrons. The third kappa shape index (κ3) is 2.27. The van der Waals surface area contributed by atoms with Gasteiger partial charge in [0.15, 0.2) is 12.4 Å². The van der Waals surface area contributed by atoms with E-state index in [0.717, 1.165) is 4.57 Å². The molecule has 4 atom stereocenters. The molecule has 1 aliphatic rings. The lowest BCUT2D eigenvalue weighted by Gasteiger charge is -2.26. The molecule has 0 aromatic carbocycles. The molecule has 2 rings (SSSR count). The fraction of sp³-hybridized carbons (Fsp3) is 0.636. The van der Waals surface area contributed by atoms with Crippen molar-refractivity contribution >= 4 is 11.6 Å². The van der Waals surface area contributed by atoms with Crippen LogP contribution in [0.1, 0.15) is 11.9 Å². The highest BCUT2D eigenvalue weighted by atomic mass is 35.5. The number of aliphatic hydroxyl groups excluding tert-OH is 2. The van der Waals surface area contributed by atoms with Crippen LogP contribution in [0.4, 0.5) is 4.39 Å². The molecule has 1 unspecified atom stereocenters. The van der Waals surface area contributed by atoms with E-state index in [2.05, 4.69) is 4.98 Å². The maximum atomic E-state index is 14.1. The van der Waals surface area contributed by atoms with Crippen LogP contribution in [-0.4, -0.2) is 50.1 Å². The van der Waals surface area contributed by atoms with Crippen LogP contribution in [0.5, 0.6) is 0 Å². The van der Waals surface area contributed by atoms with Crippen LogP contribution in [0.2, 0.25) is 0 Å². The van der Waals surface area contributed by atoms with Crippen molar-refractivity contribution in [1.29, 1.82) is 0 Å². The van der Waals surface area contributed by atoms with Crippen molar-refractivity contribution in [1.82, 2.24) is 9.55 Å². The van der Waals surface area contributed by atoms with Crippen LogP contribution in [0.15, 0.2) is 17.1 Å². The molecular formula is C11H14ClFN2O4. The molecule has 1 aromatic rings. The molecule has 0 bridgehead atoms. The highest BCUT2D eigenvalue weighted by Crippen LogP contribution is 2.38. The van der Waals surface area contributed by atoms with Crippen molar-refractivity contribution < 1.29 is 19.3 Å². The van der Waals surface area contributed by atoms with Crippen molar-refractivity contribution in [3.63, 3.8) is 0 Å². The largest absolute Gasteiger partial charge is 0.393 e. The summed E-state index contributed by atoms with van der Waals surface area (Å²) in [5.74, 6) is -0.296. The number of halogens is 2. The van der Waals surface area contributed by atoms with E-state index in [1.807, 2.05) is 0 Å². The van der Waals surface area contributed by atoms with E-state index in [-0.39, 0.29) is 5.88 Å². The summed E-state index contributed by atoms with van der Waals surface area (Å²) in [5.41, 5.74) is -1.82. The van der Waals surface area contributed by atoms with Crippen molar-refractivity contribution in [2.24, 2.45) is 0 Å². The molecule has 2 heterocycles. The van der Waals surface area contributed by atoms with Gasteiger partial charge in [0.1, 0.15) is 11.7 Å². The molecule has 6 nitrogen and oxygen atoms in total. The Morgan fingerprint density at radius 2 is 2.37 bits per heavy atom. The second kappa shape index (κ2) is 5.16. The average molecular weight is 293 g/mol. The van der Waals surface area contributed by atoms with Gasteiger partial charge >= 0.3 is 5.69 Å². The zero-order chi connectivity index (χ0) is 14.2. The monoisotopic (exact) mass is 292 g/mol. The Kier molecular flexibility index (Phi) is 3.91. The summed E-state index contributed by atoms with van der Waals surface area (Å²) in [4.78, 5) is 15.4. The number of aliphatic hydroxyl groups is 2. The van der Waals surface area contributed by atoms with E-state index < -0.39 is 36.4 Å². The van der Waals surface area contributed by atoms with Crippen molar-refractivity contribution in [3.8, 4) is 0 Å². The first-order valence-electron chi connectivity index (χ1n) is 5.68. The van der Waals surface area contributed by atoms with Crippen LogP contribution in [0.25, 0.3) is 0 Å². The number of aryl methyl sites for hydroxylation is 1. The fourth-order valence-corrected chi connectivity index (χ4v) is 2.31. The van der Waals surface area contributed by atoms with Gasteiger partial charge in [0.05, 0.1) is 12.5 Å². The highest BCUT2D eigenvalue weighted by molar-refractivity contribution is 6.18. The molecular weight excluding hydrogens is 279 g/mol. The number of hydrogen-bond donors (Lipinski definition) is 2. The summed E-state index contributed by atoms with van der Waals surface area (Å²) >= 11 is 5.63. The van der Waals surface area contributed by atoms with Gasteiger partial charge < -0.3 is 14.9 Å². The molecule has 1 aromatic heterocycles. The zero-order valence-corrected chi connectivity index (χ0v) is 10.9. The topological polar surface area (TPSA) is 84.6 Å². The Labute approximate surface area is 113 Å². The third-order valence-electron chi connectivity index (χ3n) is 3.21. The molecule has 1 fully saturated rings. The van der Waals surface area contributed by atoms with Gasteiger partial charge in [-0.15, -0.1) is 11.6 Å². The quantitative estimate of drug-likeness (QED) is 0.751. The van der Waals surface area contributed by atoms with Gasteiger partial charge in [-0.25, -0.2) is 9.18 Å². The molecule has 0 amide bonds. The maximum absolute atomic E-state index is 14.1. The molecule has 1 aliphatic heterocycles. The Morgan fingerprint density at radius 3 is 2.84 bits per heavy atom. The predicted octanol–water partition coefficient (Wildman–Crippen LogP) is -0.251. The first-order valence-corrected chi connectivity index (χ1v) is 6.21. The number of aromatic nitrogens is 2. The number of alkyl halides is 2. The van der Waals surface area contributed by atoms with E-state index in [1.54, 1.807) is 6.92 Å².